The highest BCUT2D eigenvalue weighted by Gasteiger charge is 2.26. The second-order valence-corrected chi connectivity index (χ2v) is 9.94. The van der Waals surface area contributed by atoms with Crippen molar-refractivity contribution in [1.29, 1.82) is 0 Å². The average molecular weight is 547 g/mol. The average Bonchev–Trinajstić information content (AvgIpc) is 3.53. The molecule has 2 aromatic carbocycles. The normalized spacial score (nSPS) is 19.0. The molecule has 0 aliphatic carbocycles. The summed E-state index contributed by atoms with van der Waals surface area (Å²) in [6.07, 6.45) is 1.78. The third kappa shape index (κ3) is 5.30. The number of hydrogen-bond acceptors (Lipinski definition) is 9. The van der Waals surface area contributed by atoms with Gasteiger partial charge in [0.2, 0.25) is 0 Å². The fraction of sp³-hybridized carbons (Fsp3) is 0.259. The van der Waals surface area contributed by atoms with Crippen LogP contribution in [-0.2, 0) is 0 Å². The molecule has 2 aliphatic rings. The van der Waals surface area contributed by atoms with Crippen LogP contribution in [0.4, 0.5) is 5.82 Å². The number of amides is 1. The Hall–Kier alpha value is -4.03. The van der Waals surface area contributed by atoms with Crippen LogP contribution < -0.4 is 26.4 Å². The molecule has 4 heterocycles. The number of halogens is 1. The predicted molar refractivity (Wildman–Crippen MR) is 147 cm³/mol. The van der Waals surface area contributed by atoms with Crippen molar-refractivity contribution < 1.29 is 14.6 Å². The maximum atomic E-state index is 11.9. The molecule has 2 aromatic heterocycles. The van der Waals surface area contributed by atoms with E-state index >= 15 is 0 Å². The lowest BCUT2D eigenvalue weighted by Crippen LogP contribution is -2.44. The van der Waals surface area contributed by atoms with Crippen LogP contribution >= 0.6 is 11.6 Å². The molecule has 6 rings (SSSR count). The summed E-state index contributed by atoms with van der Waals surface area (Å²) in [6.45, 7) is 2.40. The Morgan fingerprint density at radius 1 is 1.13 bits per heavy atom. The molecule has 200 valence electrons. The van der Waals surface area contributed by atoms with E-state index in [1.807, 2.05) is 35.0 Å². The summed E-state index contributed by atoms with van der Waals surface area (Å²) >= 11 is 6.35. The first-order valence-corrected chi connectivity index (χ1v) is 13.0. The number of carbonyl (C=O) groups excluding carboxylic acids is 1. The number of anilines is 1. The van der Waals surface area contributed by atoms with Crippen molar-refractivity contribution >= 4 is 23.3 Å². The van der Waals surface area contributed by atoms with Gasteiger partial charge in [0.1, 0.15) is 29.2 Å². The van der Waals surface area contributed by atoms with Gasteiger partial charge in [-0.25, -0.2) is 9.97 Å². The van der Waals surface area contributed by atoms with Crippen LogP contribution in [-0.4, -0.2) is 62.7 Å². The number of aromatic nitrogens is 4. The van der Waals surface area contributed by atoms with Crippen LogP contribution in [0.15, 0.2) is 60.8 Å². The van der Waals surface area contributed by atoms with Crippen LogP contribution in [0, 0.1) is 0 Å². The second kappa shape index (κ2) is 10.6. The number of aliphatic hydroxyl groups is 1. The number of rotatable bonds is 8. The minimum Gasteiger partial charge on any atom is -0.457 e. The molecule has 2 unspecified atom stereocenters. The quantitative estimate of drug-likeness (QED) is 0.224. The number of aliphatic hydroxyl groups excluding tert-OH is 1. The number of carbonyl (C=O) groups is 1. The lowest BCUT2D eigenvalue weighted by atomic mass is 10.1. The van der Waals surface area contributed by atoms with Gasteiger partial charge in [0, 0.05) is 41.5 Å². The van der Waals surface area contributed by atoms with Gasteiger partial charge in [-0.1, -0.05) is 11.6 Å². The van der Waals surface area contributed by atoms with Gasteiger partial charge in [0.15, 0.2) is 5.82 Å². The van der Waals surface area contributed by atoms with Gasteiger partial charge in [-0.2, -0.15) is 5.10 Å². The van der Waals surface area contributed by atoms with Crippen LogP contribution in [0.25, 0.3) is 22.6 Å². The predicted octanol–water partition coefficient (Wildman–Crippen LogP) is 2.79. The molecule has 6 N–H and O–H groups in total. The van der Waals surface area contributed by atoms with Crippen molar-refractivity contribution in [3.63, 3.8) is 0 Å². The van der Waals surface area contributed by atoms with E-state index in [0.29, 0.717) is 46.7 Å². The first-order valence-electron chi connectivity index (χ1n) is 12.6. The molecule has 2 saturated heterocycles. The number of nitrogens with one attached hydrogen (secondary N) is 3. The molecule has 0 bridgehead atoms. The zero-order valence-corrected chi connectivity index (χ0v) is 21.6. The summed E-state index contributed by atoms with van der Waals surface area (Å²) in [5.41, 5.74) is 8.04. The van der Waals surface area contributed by atoms with Crippen molar-refractivity contribution in [3.05, 3.63) is 71.5 Å². The molecule has 2 atom stereocenters. The first-order chi connectivity index (χ1) is 18.9. The maximum Gasteiger partial charge on any atom is 0.267 e. The molecular weight excluding hydrogens is 520 g/mol. The Balaban J connectivity index is 1.26. The van der Waals surface area contributed by atoms with Crippen LogP contribution in [0.2, 0.25) is 5.02 Å². The highest BCUT2D eigenvalue weighted by Crippen LogP contribution is 2.37. The van der Waals surface area contributed by atoms with E-state index in [0.717, 1.165) is 24.3 Å². The minimum atomic E-state index is -0.710. The summed E-state index contributed by atoms with van der Waals surface area (Å²) in [7, 11) is 0. The zero-order valence-electron chi connectivity index (χ0n) is 20.8. The van der Waals surface area contributed by atoms with E-state index in [2.05, 4.69) is 31.0 Å². The fourth-order valence-corrected chi connectivity index (χ4v) is 4.83. The van der Waals surface area contributed by atoms with Gasteiger partial charge in [0.25, 0.3) is 5.91 Å². The van der Waals surface area contributed by atoms with Crippen molar-refractivity contribution in [2.45, 2.75) is 24.7 Å². The van der Waals surface area contributed by atoms with Gasteiger partial charge >= 0.3 is 0 Å². The topological polar surface area (TPSA) is 152 Å². The van der Waals surface area contributed by atoms with Crippen molar-refractivity contribution in [1.82, 2.24) is 30.4 Å². The van der Waals surface area contributed by atoms with Crippen LogP contribution in [0.1, 0.15) is 23.0 Å². The second-order valence-electron chi connectivity index (χ2n) is 9.50. The summed E-state index contributed by atoms with van der Waals surface area (Å²) in [5, 5.41) is 24.6. The Bertz CT molecular complexity index is 1510. The Kier molecular flexibility index (Phi) is 6.88. The highest BCUT2D eigenvalue weighted by atomic mass is 35.5. The van der Waals surface area contributed by atoms with Gasteiger partial charge in [-0.3, -0.25) is 14.8 Å². The van der Waals surface area contributed by atoms with Crippen LogP contribution in [0.3, 0.4) is 0 Å². The summed E-state index contributed by atoms with van der Waals surface area (Å²) in [6, 6.07) is 16.2. The zero-order chi connectivity index (χ0) is 26.9. The minimum absolute atomic E-state index is 0.0763. The molecule has 0 radical (unpaired) electrons. The lowest BCUT2D eigenvalue weighted by Gasteiger charge is -2.29. The molecule has 12 heteroatoms. The van der Waals surface area contributed by atoms with E-state index in [1.165, 1.54) is 6.07 Å². The van der Waals surface area contributed by atoms with Crippen molar-refractivity contribution in [3.8, 4) is 34.1 Å². The number of hydrogen-bond donors (Lipinski definition) is 5. The number of nitrogens with zero attached hydrogens (tertiary/aromatic N) is 4. The van der Waals surface area contributed by atoms with E-state index in [-0.39, 0.29) is 17.8 Å². The van der Waals surface area contributed by atoms with E-state index in [4.69, 9.17) is 22.1 Å². The number of primary amides is 1. The Morgan fingerprint density at radius 3 is 2.64 bits per heavy atom. The Morgan fingerprint density at radius 2 is 1.95 bits per heavy atom. The molecular formula is C27H27ClN8O3. The third-order valence-corrected chi connectivity index (χ3v) is 7.07. The first kappa shape index (κ1) is 25.3. The van der Waals surface area contributed by atoms with Gasteiger partial charge in [-0.15, -0.1) is 0 Å². The molecule has 0 saturated carbocycles. The summed E-state index contributed by atoms with van der Waals surface area (Å²) in [4.78, 5) is 20.8. The van der Waals surface area contributed by atoms with Crippen molar-refractivity contribution in [2.24, 2.45) is 5.73 Å². The van der Waals surface area contributed by atoms with E-state index in [9.17, 15) is 9.90 Å². The molecule has 39 heavy (non-hydrogen) atoms. The number of nitrogens with two attached hydrogens (primary N) is 1. The van der Waals surface area contributed by atoms with E-state index < -0.39 is 12.1 Å². The van der Waals surface area contributed by atoms with Crippen molar-refractivity contribution in [2.75, 3.05) is 25.0 Å². The number of ether oxygens (including phenoxy) is 1. The summed E-state index contributed by atoms with van der Waals surface area (Å²) < 4.78 is 8.27. The molecule has 11 nitrogen and oxygen atoms in total. The smallest absolute Gasteiger partial charge is 0.267 e. The molecule has 2 aliphatic heterocycles. The van der Waals surface area contributed by atoms with Crippen LogP contribution in [0.5, 0.6) is 11.5 Å². The SMILES string of the molecule is NC(=O)c1cc(NC2CCNC2O)nc(-c2ccc(Oc3ccc(Cl)cc3-c3ccnn3C3CNC3)cc2)n1. The monoisotopic (exact) mass is 546 g/mol. The van der Waals surface area contributed by atoms with E-state index in [1.54, 1.807) is 24.4 Å². The number of benzene rings is 2. The fourth-order valence-electron chi connectivity index (χ4n) is 4.66. The Labute approximate surface area is 229 Å². The lowest BCUT2D eigenvalue weighted by molar-refractivity contribution is 0.0995. The van der Waals surface area contributed by atoms with Gasteiger partial charge in [0.05, 0.1) is 17.8 Å². The summed E-state index contributed by atoms with van der Waals surface area (Å²) in [5.74, 6) is 1.31. The standard InChI is InChI=1S/C27H27ClN8O3/c28-16-3-6-23(19(11-16)22-8-10-32-36(22)17-13-30-14-17)39-18-4-1-15(2-5-18)26-34-21(25(29)37)12-24(35-26)33-20-7-9-31-27(20)38/h1-6,8,10-12,17,20,27,30-31,38H,7,9,13-14H2,(H2,29,37)(H,33,34,35). The maximum absolute atomic E-state index is 11.9. The molecule has 1 amide bonds. The molecule has 4 aromatic rings. The van der Waals surface area contributed by atoms with Gasteiger partial charge < -0.3 is 26.2 Å². The molecule has 0 spiro atoms. The highest BCUT2D eigenvalue weighted by molar-refractivity contribution is 6.31. The largest absolute Gasteiger partial charge is 0.457 e. The molecule has 2 fully saturated rings. The van der Waals surface area contributed by atoms with Gasteiger partial charge in [-0.05, 0) is 61.5 Å². The third-order valence-electron chi connectivity index (χ3n) is 6.84.